The number of aryl methyl sites for hydroxylation is 1. The molecule has 0 aromatic heterocycles. The molecule has 2 N–H and O–H groups in total. The predicted octanol–water partition coefficient (Wildman–Crippen LogP) is 1.53. The van der Waals surface area contributed by atoms with Crippen LogP contribution in [0, 0.1) is 12.8 Å². The van der Waals surface area contributed by atoms with E-state index in [-0.39, 0.29) is 18.6 Å². The van der Waals surface area contributed by atoms with E-state index >= 15 is 0 Å². The van der Waals surface area contributed by atoms with Crippen LogP contribution in [0.25, 0.3) is 0 Å². The quantitative estimate of drug-likeness (QED) is 0.878. The largest absolute Gasteiger partial charge is 0.496 e. The highest BCUT2D eigenvalue weighted by Gasteiger charge is 2.25. The Labute approximate surface area is 119 Å². The third-order valence-electron chi connectivity index (χ3n) is 3.70. The Morgan fingerprint density at radius 3 is 3.00 bits per heavy atom. The number of aliphatic hydroxyl groups excluding tert-OH is 1. The predicted molar refractivity (Wildman–Crippen MR) is 76.7 cm³/mol. The molecule has 0 aliphatic carbocycles. The second-order valence-electron chi connectivity index (χ2n) is 5.26. The number of nitrogens with zero attached hydrogens (tertiary/aromatic N) is 1. The van der Waals surface area contributed by atoms with Gasteiger partial charge >= 0.3 is 6.03 Å². The number of hydrogen-bond acceptors (Lipinski definition) is 3. The molecule has 0 spiro atoms. The molecule has 1 aliphatic heterocycles. The van der Waals surface area contributed by atoms with Crippen molar-refractivity contribution in [3.05, 3.63) is 29.3 Å². The molecule has 1 heterocycles. The average Bonchev–Trinajstić information content (AvgIpc) is 2.94. The van der Waals surface area contributed by atoms with Crippen LogP contribution in [0.15, 0.2) is 18.2 Å². The minimum Gasteiger partial charge on any atom is -0.496 e. The number of aliphatic hydroxyl groups is 1. The zero-order valence-electron chi connectivity index (χ0n) is 12.1. The molecule has 0 bridgehead atoms. The summed E-state index contributed by atoms with van der Waals surface area (Å²) in [7, 11) is 1.63. The van der Waals surface area contributed by atoms with Crippen molar-refractivity contribution in [1.29, 1.82) is 0 Å². The number of rotatable bonds is 4. The number of likely N-dealkylation sites (tertiary alicyclic amines) is 1. The number of carbonyl (C=O) groups is 1. The molecule has 1 aliphatic rings. The van der Waals surface area contributed by atoms with Gasteiger partial charge in [0.25, 0.3) is 0 Å². The number of nitrogens with one attached hydrogen (secondary N) is 1. The van der Waals surface area contributed by atoms with Crippen molar-refractivity contribution < 1.29 is 14.6 Å². The molecule has 0 radical (unpaired) electrons. The van der Waals surface area contributed by atoms with Gasteiger partial charge in [0.1, 0.15) is 5.75 Å². The minimum absolute atomic E-state index is 0.0800. The first-order valence-corrected chi connectivity index (χ1v) is 6.91. The maximum Gasteiger partial charge on any atom is 0.317 e. The number of urea groups is 1. The number of methoxy groups -OCH3 is 1. The molecule has 1 aromatic carbocycles. The lowest BCUT2D eigenvalue weighted by molar-refractivity contribution is 0.198. The fourth-order valence-electron chi connectivity index (χ4n) is 2.45. The van der Waals surface area contributed by atoms with E-state index in [0.29, 0.717) is 19.6 Å². The fraction of sp³-hybridized carbons (Fsp3) is 0.533. The lowest BCUT2D eigenvalue weighted by atomic mass is 10.1. The summed E-state index contributed by atoms with van der Waals surface area (Å²) in [5.41, 5.74) is 2.09. The smallest absolute Gasteiger partial charge is 0.317 e. The summed E-state index contributed by atoms with van der Waals surface area (Å²) in [6.07, 6.45) is 0.873. The van der Waals surface area contributed by atoms with Crippen LogP contribution in [0.4, 0.5) is 4.79 Å². The topological polar surface area (TPSA) is 61.8 Å². The van der Waals surface area contributed by atoms with E-state index in [0.717, 1.165) is 23.3 Å². The summed E-state index contributed by atoms with van der Waals surface area (Å²) < 4.78 is 5.32. The number of benzene rings is 1. The first kappa shape index (κ1) is 14.7. The van der Waals surface area contributed by atoms with Crippen molar-refractivity contribution in [2.24, 2.45) is 5.92 Å². The highest BCUT2D eigenvalue weighted by molar-refractivity contribution is 5.74. The summed E-state index contributed by atoms with van der Waals surface area (Å²) in [5, 5.41) is 12.0. The van der Waals surface area contributed by atoms with E-state index < -0.39 is 0 Å². The van der Waals surface area contributed by atoms with E-state index in [9.17, 15) is 4.79 Å². The van der Waals surface area contributed by atoms with Gasteiger partial charge in [-0.3, -0.25) is 0 Å². The molecule has 1 atom stereocenters. The highest BCUT2D eigenvalue weighted by Crippen LogP contribution is 2.20. The SMILES string of the molecule is COc1cc(C)ccc1CNC(=O)N1CCC(CO)C1. The van der Waals surface area contributed by atoms with Gasteiger partial charge < -0.3 is 20.1 Å². The van der Waals surface area contributed by atoms with Crippen molar-refractivity contribution in [1.82, 2.24) is 10.2 Å². The Morgan fingerprint density at radius 1 is 1.55 bits per heavy atom. The maximum atomic E-state index is 12.0. The van der Waals surface area contributed by atoms with E-state index in [4.69, 9.17) is 9.84 Å². The van der Waals surface area contributed by atoms with E-state index in [1.807, 2.05) is 25.1 Å². The van der Waals surface area contributed by atoms with E-state index in [1.54, 1.807) is 12.0 Å². The Hall–Kier alpha value is -1.75. The lowest BCUT2D eigenvalue weighted by Gasteiger charge is -2.18. The monoisotopic (exact) mass is 278 g/mol. The minimum atomic E-state index is -0.0800. The number of carbonyl (C=O) groups excluding carboxylic acids is 1. The van der Waals surface area contributed by atoms with Crippen LogP contribution in [0.5, 0.6) is 5.75 Å². The Bertz CT molecular complexity index is 476. The number of amides is 2. The molecule has 5 heteroatoms. The van der Waals surface area contributed by atoms with Gasteiger partial charge in [-0.2, -0.15) is 0 Å². The molecule has 1 unspecified atom stereocenters. The summed E-state index contributed by atoms with van der Waals surface area (Å²) in [5.74, 6) is 1.01. The Balaban J connectivity index is 1.90. The van der Waals surface area contributed by atoms with Crippen LogP contribution in [0.3, 0.4) is 0 Å². The second-order valence-corrected chi connectivity index (χ2v) is 5.26. The summed E-state index contributed by atoms with van der Waals surface area (Å²) >= 11 is 0. The Kier molecular flexibility index (Phi) is 4.84. The molecular weight excluding hydrogens is 256 g/mol. The van der Waals surface area contributed by atoms with Gasteiger partial charge in [-0.05, 0) is 25.0 Å². The summed E-state index contributed by atoms with van der Waals surface area (Å²) in [6.45, 7) is 3.94. The van der Waals surface area contributed by atoms with Crippen LogP contribution >= 0.6 is 0 Å². The van der Waals surface area contributed by atoms with Gasteiger partial charge in [0.15, 0.2) is 0 Å². The van der Waals surface area contributed by atoms with Crippen LogP contribution in [0.2, 0.25) is 0 Å². The van der Waals surface area contributed by atoms with Crippen molar-refractivity contribution in [2.45, 2.75) is 19.9 Å². The molecule has 2 amide bonds. The van der Waals surface area contributed by atoms with Crippen LogP contribution in [-0.2, 0) is 6.54 Å². The summed E-state index contributed by atoms with van der Waals surface area (Å²) in [6, 6.07) is 5.85. The lowest BCUT2D eigenvalue weighted by Crippen LogP contribution is -2.38. The van der Waals surface area contributed by atoms with Crippen LogP contribution < -0.4 is 10.1 Å². The van der Waals surface area contributed by atoms with Gasteiger partial charge in [-0.1, -0.05) is 12.1 Å². The molecular formula is C15H22N2O3. The van der Waals surface area contributed by atoms with Crippen molar-refractivity contribution in [2.75, 3.05) is 26.8 Å². The van der Waals surface area contributed by atoms with Gasteiger partial charge in [0.05, 0.1) is 7.11 Å². The standard InChI is InChI=1S/C15H22N2O3/c1-11-3-4-13(14(7-11)20-2)8-16-15(19)17-6-5-12(9-17)10-18/h3-4,7,12,18H,5-6,8-10H2,1-2H3,(H,16,19). The zero-order valence-corrected chi connectivity index (χ0v) is 12.1. The second kappa shape index (κ2) is 6.61. The van der Waals surface area contributed by atoms with Crippen molar-refractivity contribution >= 4 is 6.03 Å². The summed E-state index contributed by atoms with van der Waals surface area (Å²) in [4.78, 5) is 13.8. The van der Waals surface area contributed by atoms with Gasteiger partial charge in [0, 0.05) is 37.7 Å². The van der Waals surface area contributed by atoms with Crippen LogP contribution in [0.1, 0.15) is 17.5 Å². The van der Waals surface area contributed by atoms with Crippen molar-refractivity contribution in [3.63, 3.8) is 0 Å². The maximum absolute atomic E-state index is 12.0. The fourth-order valence-corrected chi connectivity index (χ4v) is 2.45. The first-order valence-electron chi connectivity index (χ1n) is 6.91. The normalized spacial score (nSPS) is 18.1. The number of ether oxygens (including phenoxy) is 1. The molecule has 1 saturated heterocycles. The molecule has 2 rings (SSSR count). The third-order valence-corrected chi connectivity index (χ3v) is 3.70. The zero-order chi connectivity index (χ0) is 14.5. The molecule has 5 nitrogen and oxygen atoms in total. The highest BCUT2D eigenvalue weighted by atomic mass is 16.5. The van der Waals surface area contributed by atoms with Gasteiger partial charge in [-0.15, -0.1) is 0 Å². The molecule has 1 fully saturated rings. The first-order chi connectivity index (χ1) is 9.63. The van der Waals surface area contributed by atoms with E-state index in [1.165, 1.54) is 0 Å². The molecule has 110 valence electrons. The van der Waals surface area contributed by atoms with Crippen molar-refractivity contribution in [3.8, 4) is 5.75 Å². The molecule has 1 aromatic rings. The molecule has 0 saturated carbocycles. The third kappa shape index (κ3) is 3.42. The van der Waals surface area contributed by atoms with Crippen LogP contribution in [-0.4, -0.2) is 42.8 Å². The Morgan fingerprint density at radius 2 is 2.35 bits per heavy atom. The van der Waals surface area contributed by atoms with Gasteiger partial charge in [0.2, 0.25) is 0 Å². The van der Waals surface area contributed by atoms with Gasteiger partial charge in [-0.25, -0.2) is 4.79 Å². The van der Waals surface area contributed by atoms with E-state index in [2.05, 4.69) is 5.32 Å². The average molecular weight is 278 g/mol. The molecule has 20 heavy (non-hydrogen) atoms. The number of hydrogen-bond donors (Lipinski definition) is 2.